The third kappa shape index (κ3) is 8.43. The van der Waals surface area contributed by atoms with E-state index in [-0.39, 0.29) is 30.2 Å². The maximum absolute atomic E-state index is 13.8. The minimum absolute atomic E-state index is 0.0613. The Labute approximate surface area is 257 Å². The number of carboxylic acid groups (broad SMARTS) is 1. The highest BCUT2D eigenvalue weighted by Gasteiger charge is 2.45. The number of sulfonamides is 1. The Hall–Kier alpha value is -3.26. The summed E-state index contributed by atoms with van der Waals surface area (Å²) in [5.41, 5.74) is 5.43. The third-order valence-corrected chi connectivity index (χ3v) is 9.99. The number of rotatable bonds is 11. The second-order valence-electron chi connectivity index (χ2n) is 10.6. The average Bonchev–Trinajstić information content (AvgIpc) is 3.36. The highest BCUT2D eigenvalue weighted by Crippen LogP contribution is 2.29. The number of piperidine rings is 1. The second-order valence-corrected chi connectivity index (χ2v) is 12.9. The van der Waals surface area contributed by atoms with E-state index in [1.807, 2.05) is 6.92 Å². The summed E-state index contributed by atoms with van der Waals surface area (Å²) >= 11 is 6.05. The number of carbonyl (C=O) groups excluding carboxylic acids is 3. The van der Waals surface area contributed by atoms with E-state index in [2.05, 4.69) is 4.90 Å². The number of likely N-dealkylation sites (tertiary alicyclic amines) is 2. The molecule has 0 saturated carbocycles. The smallest absolute Gasteiger partial charge is 0.290 e. The lowest BCUT2D eigenvalue weighted by molar-refractivity contribution is -0.144. The SMILES string of the molecule is CCN(CCN1CCCCC1)C(=O)[C@H](C)N1CC[C@H](N(CC(N)=O)S(=O)(=O)c2ccc3cc(Cl)ccc3c2)C1=O.O=CO. The van der Waals surface area contributed by atoms with Crippen LogP contribution in [0.1, 0.15) is 39.5 Å². The van der Waals surface area contributed by atoms with Gasteiger partial charge in [0, 0.05) is 31.2 Å². The highest BCUT2D eigenvalue weighted by atomic mass is 35.5. The van der Waals surface area contributed by atoms with E-state index < -0.39 is 40.5 Å². The summed E-state index contributed by atoms with van der Waals surface area (Å²) in [6.07, 6.45) is 3.71. The van der Waals surface area contributed by atoms with Gasteiger partial charge in [-0.1, -0.05) is 30.2 Å². The molecule has 2 heterocycles. The lowest BCUT2D eigenvalue weighted by Gasteiger charge is -2.33. The first-order valence-electron chi connectivity index (χ1n) is 14.3. The summed E-state index contributed by atoms with van der Waals surface area (Å²) in [5, 5.41) is 8.81. The van der Waals surface area contributed by atoms with Crippen molar-refractivity contribution in [1.82, 2.24) is 19.0 Å². The van der Waals surface area contributed by atoms with Crippen LogP contribution in [0.4, 0.5) is 0 Å². The van der Waals surface area contributed by atoms with Crippen molar-refractivity contribution in [2.24, 2.45) is 5.73 Å². The maximum atomic E-state index is 13.8. The number of halogens is 1. The van der Waals surface area contributed by atoms with Crippen molar-refractivity contribution in [3.8, 4) is 0 Å². The number of likely N-dealkylation sites (N-methyl/N-ethyl adjacent to an activating group) is 1. The summed E-state index contributed by atoms with van der Waals surface area (Å²) in [6.45, 7) is 6.81. The highest BCUT2D eigenvalue weighted by molar-refractivity contribution is 7.89. The number of benzene rings is 2. The largest absolute Gasteiger partial charge is 0.483 e. The van der Waals surface area contributed by atoms with Gasteiger partial charge in [0.2, 0.25) is 27.7 Å². The molecule has 0 spiro atoms. The molecular formula is C29H40ClN5O7S. The predicted molar refractivity (Wildman–Crippen MR) is 163 cm³/mol. The van der Waals surface area contributed by atoms with Gasteiger partial charge in [0.1, 0.15) is 12.1 Å². The zero-order valence-corrected chi connectivity index (χ0v) is 26.1. The van der Waals surface area contributed by atoms with Gasteiger partial charge in [-0.3, -0.25) is 19.2 Å². The van der Waals surface area contributed by atoms with E-state index in [9.17, 15) is 22.8 Å². The summed E-state index contributed by atoms with van der Waals surface area (Å²) in [7, 11) is -4.27. The Bertz CT molecular complexity index is 1420. The molecule has 4 rings (SSSR count). The summed E-state index contributed by atoms with van der Waals surface area (Å²) in [5.74, 6) is -1.56. The van der Waals surface area contributed by atoms with E-state index in [0.717, 1.165) is 29.3 Å². The fourth-order valence-corrected chi connectivity index (χ4v) is 7.41. The molecule has 2 saturated heterocycles. The van der Waals surface area contributed by atoms with E-state index in [4.69, 9.17) is 27.2 Å². The van der Waals surface area contributed by atoms with E-state index in [1.165, 1.54) is 36.3 Å². The van der Waals surface area contributed by atoms with Gasteiger partial charge in [-0.25, -0.2) is 8.42 Å². The Morgan fingerprint density at radius 1 is 1.12 bits per heavy atom. The fourth-order valence-electron chi connectivity index (χ4n) is 5.61. The molecule has 43 heavy (non-hydrogen) atoms. The van der Waals surface area contributed by atoms with Gasteiger partial charge < -0.3 is 25.5 Å². The molecule has 2 atom stereocenters. The third-order valence-electron chi connectivity index (χ3n) is 7.90. The molecule has 2 fully saturated rings. The fraction of sp³-hybridized carbons (Fsp3) is 0.517. The Balaban J connectivity index is 0.00000162. The molecule has 2 aliphatic rings. The van der Waals surface area contributed by atoms with Gasteiger partial charge >= 0.3 is 0 Å². The zero-order valence-electron chi connectivity index (χ0n) is 24.5. The van der Waals surface area contributed by atoms with Crippen LogP contribution >= 0.6 is 11.6 Å². The topological polar surface area (TPSA) is 162 Å². The number of nitrogens with two attached hydrogens (primary N) is 1. The van der Waals surface area contributed by atoms with Crippen molar-refractivity contribution in [2.75, 3.05) is 45.8 Å². The van der Waals surface area contributed by atoms with Gasteiger partial charge in [-0.15, -0.1) is 0 Å². The van der Waals surface area contributed by atoms with Gasteiger partial charge in [0.25, 0.3) is 6.47 Å². The number of hydrogen-bond donors (Lipinski definition) is 2. The molecule has 0 radical (unpaired) electrons. The number of fused-ring (bicyclic) bond motifs is 1. The molecule has 12 nitrogen and oxygen atoms in total. The molecule has 2 aromatic carbocycles. The first kappa shape index (κ1) is 34.2. The molecule has 236 valence electrons. The normalized spacial score (nSPS) is 18.3. The lowest BCUT2D eigenvalue weighted by Crippen LogP contribution is -2.53. The average molecular weight is 638 g/mol. The Kier molecular flexibility index (Phi) is 12.3. The first-order chi connectivity index (χ1) is 20.4. The van der Waals surface area contributed by atoms with Crippen LogP contribution in [0, 0.1) is 0 Å². The van der Waals surface area contributed by atoms with Gasteiger partial charge in [0.15, 0.2) is 0 Å². The van der Waals surface area contributed by atoms with E-state index in [1.54, 1.807) is 36.1 Å². The molecule has 0 unspecified atom stereocenters. The van der Waals surface area contributed by atoms with Crippen molar-refractivity contribution in [3.63, 3.8) is 0 Å². The second kappa shape index (κ2) is 15.5. The van der Waals surface area contributed by atoms with Crippen molar-refractivity contribution in [2.45, 2.75) is 56.5 Å². The lowest BCUT2D eigenvalue weighted by atomic mass is 10.1. The molecule has 14 heteroatoms. The van der Waals surface area contributed by atoms with Crippen LogP contribution in [0.25, 0.3) is 10.8 Å². The summed E-state index contributed by atoms with van der Waals surface area (Å²) in [4.78, 5) is 52.8. The maximum Gasteiger partial charge on any atom is 0.290 e. The zero-order chi connectivity index (χ0) is 31.7. The van der Waals surface area contributed by atoms with E-state index >= 15 is 0 Å². The van der Waals surface area contributed by atoms with Crippen LogP contribution in [-0.4, -0.2) is 115 Å². The molecule has 0 aliphatic carbocycles. The van der Waals surface area contributed by atoms with Crippen LogP contribution in [-0.2, 0) is 29.2 Å². The van der Waals surface area contributed by atoms with Gasteiger partial charge in [0.05, 0.1) is 11.4 Å². The minimum Gasteiger partial charge on any atom is -0.483 e. The summed E-state index contributed by atoms with van der Waals surface area (Å²) < 4.78 is 28.4. The number of carbonyl (C=O) groups is 4. The quantitative estimate of drug-likeness (QED) is 0.354. The Morgan fingerprint density at radius 2 is 1.74 bits per heavy atom. The molecule has 0 aromatic heterocycles. The molecule has 2 aromatic rings. The molecule has 3 amide bonds. The van der Waals surface area contributed by atoms with Crippen molar-refractivity contribution in [3.05, 3.63) is 41.4 Å². The first-order valence-corrected chi connectivity index (χ1v) is 16.1. The van der Waals surface area contributed by atoms with Crippen LogP contribution in [0.5, 0.6) is 0 Å². The standard InChI is InChI=1S/C28H38ClN5O5S.CH2O2/c1-3-32(16-15-31-12-5-4-6-13-31)27(36)20(2)33-14-11-25(28(33)37)34(19-26(30)35)40(38,39)24-10-8-21-17-23(29)9-7-22(21)18-24;2-1-3/h7-10,17-18,20,25H,3-6,11-16,19H2,1-2H3,(H2,30,35);1H,(H,2,3)/t20-,25-;/m0./s1. The molecule has 0 bridgehead atoms. The van der Waals surface area contributed by atoms with Crippen molar-refractivity contribution < 1.29 is 32.7 Å². The molecular weight excluding hydrogens is 598 g/mol. The number of primary amides is 1. The van der Waals surface area contributed by atoms with Crippen LogP contribution in [0.2, 0.25) is 5.02 Å². The van der Waals surface area contributed by atoms with Crippen molar-refractivity contribution >= 4 is 56.6 Å². The van der Waals surface area contributed by atoms with Crippen molar-refractivity contribution in [1.29, 1.82) is 0 Å². The van der Waals surface area contributed by atoms with Crippen LogP contribution in [0.15, 0.2) is 41.3 Å². The van der Waals surface area contributed by atoms with Gasteiger partial charge in [-0.05, 0) is 81.2 Å². The number of nitrogens with zero attached hydrogens (tertiary/aromatic N) is 4. The summed E-state index contributed by atoms with van der Waals surface area (Å²) in [6, 6.07) is 7.72. The molecule has 2 aliphatic heterocycles. The number of hydrogen-bond acceptors (Lipinski definition) is 7. The van der Waals surface area contributed by atoms with Crippen LogP contribution in [0.3, 0.4) is 0 Å². The Morgan fingerprint density at radius 3 is 2.37 bits per heavy atom. The van der Waals surface area contributed by atoms with E-state index in [0.29, 0.717) is 23.5 Å². The van der Waals surface area contributed by atoms with Gasteiger partial charge in [-0.2, -0.15) is 4.31 Å². The monoisotopic (exact) mass is 637 g/mol. The predicted octanol–water partition coefficient (Wildman–Crippen LogP) is 1.99. The number of amides is 3. The van der Waals surface area contributed by atoms with Crippen LogP contribution < -0.4 is 5.73 Å². The molecule has 3 N–H and O–H groups in total. The minimum atomic E-state index is -4.27.